The zero-order chi connectivity index (χ0) is 48.3. The molecule has 3 aliphatic rings. The van der Waals surface area contributed by atoms with Gasteiger partial charge in [-0.1, -0.05) is 206 Å². The van der Waals surface area contributed by atoms with E-state index in [4.69, 9.17) is 0 Å². The van der Waals surface area contributed by atoms with E-state index >= 15 is 0 Å². The molecule has 348 valence electrons. The molecule has 14 rings (SSSR count). The molecule has 0 bridgehead atoms. The van der Waals surface area contributed by atoms with Crippen LogP contribution in [0.1, 0.15) is 41.0 Å². The SMILES string of the molecule is C1=CC2CCC3[C@@H](c4ccc(N(c5ccc(-c6ccccc6)cc5)c5ccc(-c6cccc(-c7ccc8c(c7)c7ccccc7n8-c7ccccc7)c6)cc5)cc4C3(c3ccccc3)c3ccccc3)C2C=C1. The molecule has 0 N–H and O–H groups in total. The summed E-state index contributed by atoms with van der Waals surface area (Å²) in [5, 5.41) is 2.51. The Hall–Kier alpha value is -8.72. The van der Waals surface area contributed by atoms with E-state index in [1.807, 2.05) is 0 Å². The van der Waals surface area contributed by atoms with Gasteiger partial charge in [-0.15, -0.1) is 0 Å². The third-order valence-corrected chi connectivity index (χ3v) is 16.6. The van der Waals surface area contributed by atoms with Gasteiger partial charge in [-0.25, -0.2) is 0 Å². The molecule has 0 aliphatic heterocycles. The van der Waals surface area contributed by atoms with E-state index in [-0.39, 0.29) is 5.41 Å². The number of rotatable bonds is 9. The summed E-state index contributed by atoms with van der Waals surface area (Å²) in [5.41, 5.74) is 19.6. The molecule has 2 heteroatoms. The minimum Gasteiger partial charge on any atom is -0.310 e. The maximum absolute atomic E-state index is 2.57. The number of benzene rings is 10. The molecule has 0 amide bonds. The van der Waals surface area contributed by atoms with Crippen LogP contribution in [0.4, 0.5) is 17.1 Å². The summed E-state index contributed by atoms with van der Waals surface area (Å²) < 4.78 is 2.38. The fourth-order valence-electron chi connectivity index (χ4n) is 13.5. The van der Waals surface area contributed by atoms with E-state index in [1.54, 1.807) is 0 Å². The van der Waals surface area contributed by atoms with E-state index in [9.17, 15) is 0 Å². The molecule has 0 saturated heterocycles. The lowest BCUT2D eigenvalue weighted by Gasteiger charge is -2.46. The zero-order valence-corrected chi connectivity index (χ0v) is 40.7. The van der Waals surface area contributed by atoms with Gasteiger partial charge < -0.3 is 9.47 Å². The van der Waals surface area contributed by atoms with E-state index in [1.165, 1.54) is 96.0 Å². The van der Waals surface area contributed by atoms with Gasteiger partial charge in [0.05, 0.1) is 11.0 Å². The first kappa shape index (κ1) is 43.1. The van der Waals surface area contributed by atoms with Crippen LogP contribution in [-0.4, -0.2) is 4.57 Å². The molecule has 4 atom stereocenters. The highest BCUT2D eigenvalue weighted by atomic mass is 15.1. The van der Waals surface area contributed by atoms with Crippen molar-refractivity contribution in [3.8, 4) is 39.1 Å². The summed E-state index contributed by atoms with van der Waals surface area (Å²) in [6.07, 6.45) is 11.9. The Morgan fingerprint density at radius 2 is 0.904 bits per heavy atom. The molecule has 0 radical (unpaired) electrons. The van der Waals surface area contributed by atoms with E-state index in [2.05, 4.69) is 289 Å². The maximum atomic E-state index is 2.57. The van der Waals surface area contributed by atoms with Gasteiger partial charge in [-0.2, -0.15) is 0 Å². The number of hydrogen-bond donors (Lipinski definition) is 0. The summed E-state index contributed by atoms with van der Waals surface area (Å²) in [7, 11) is 0. The molecule has 2 nitrogen and oxygen atoms in total. The van der Waals surface area contributed by atoms with Crippen molar-refractivity contribution in [2.45, 2.75) is 24.2 Å². The normalized spacial score (nSPS) is 18.3. The second-order valence-electron chi connectivity index (χ2n) is 20.3. The van der Waals surface area contributed by atoms with Crippen LogP contribution in [0, 0.1) is 17.8 Å². The number of hydrogen-bond acceptors (Lipinski definition) is 1. The largest absolute Gasteiger partial charge is 0.310 e. The smallest absolute Gasteiger partial charge is 0.0541 e. The Kier molecular flexibility index (Phi) is 10.5. The average molecular weight is 935 g/mol. The maximum Gasteiger partial charge on any atom is 0.0541 e. The number of aromatic nitrogens is 1. The Labute approximate surface area is 428 Å². The molecule has 11 aromatic rings. The molecular formula is C71H54N2. The summed E-state index contributed by atoms with van der Waals surface area (Å²) in [6.45, 7) is 0. The second kappa shape index (κ2) is 17.8. The summed E-state index contributed by atoms with van der Waals surface area (Å²) in [6, 6.07) is 94.9. The first-order valence-corrected chi connectivity index (χ1v) is 26.1. The standard InChI is InChI=1S/C71H54N2/c1-5-18-49(19-6-1)50-32-38-59(39-33-50)72(61-42-43-64-67(48-61)71(56-23-7-2-8-24-56,57-25-9-3-10-26-57)66-44-36-52-20-13-14-29-62(52)70(64)66)60-40-34-51(35-41-60)53-21-17-22-54(46-53)55-37-45-69-65(47-55)63-30-15-16-31-68(63)73(69)58-27-11-4-12-28-58/h1-35,37-43,45-48,52,62,66,70H,36,44H2/t52?,62?,66?,70-/m1/s1. The van der Waals surface area contributed by atoms with Crippen LogP contribution >= 0.6 is 0 Å². The molecule has 0 spiro atoms. The molecular weight excluding hydrogens is 881 g/mol. The summed E-state index contributed by atoms with van der Waals surface area (Å²) in [4.78, 5) is 2.48. The third kappa shape index (κ3) is 7.15. The minimum atomic E-state index is -0.320. The molecule has 1 aromatic heterocycles. The number of nitrogens with zero attached hydrogens (tertiary/aromatic N) is 2. The molecule has 3 unspecified atom stereocenters. The molecule has 3 aliphatic carbocycles. The average Bonchev–Trinajstić information content (AvgIpc) is 3.98. The highest BCUT2D eigenvalue weighted by molar-refractivity contribution is 6.10. The Bertz CT molecular complexity index is 3810. The molecule has 1 heterocycles. The summed E-state index contributed by atoms with van der Waals surface area (Å²) >= 11 is 0. The Morgan fingerprint density at radius 3 is 1.60 bits per heavy atom. The van der Waals surface area contributed by atoms with Crippen molar-refractivity contribution < 1.29 is 0 Å². The molecule has 10 aromatic carbocycles. The van der Waals surface area contributed by atoms with Crippen molar-refractivity contribution >= 4 is 38.9 Å². The predicted octanol–water partition coefficient (Wildman–Crippen LogP) is 18.5. The monoisotopic (exact) mass is 934 g/mol. The van der Waals surface area contributed by atoms with Gasteiger partial charge >= 0.3 is 0 Å². The predicted molar refractivity (Wildman–Crippen MR) is 305 cm³/mol. The lowest BCUT2D eigenvalue weighted by atomic mass is 9.57. The highest BCUT2D eigenvalue weighted by Gasteiger charge is 2.58. The van der Waals surface area contributed by atoms with E-state index in [0.717, 1.165) is 17.1 Å². The number of allylic oxidation sites excluding steroid dienone is 4. The fourth-order valence-corrected chi connectivity index (χ4v) is 13.5. The van der Waals surface area contributed by atoms with Gasteiger partial charge in [0.25, 0.3) is 0 Å². The first-order valence-electron chi connectivity index (χ1n) is 26.1. The number of fused-ring (bicyclic) bond motifs is 8. The van der Waals surface area contributed by atoms with Gasteiger partial charge in [-0.3, -0.25) is 0 Å². The topological polar surface area (TPSA) is 8.17 Å². The highest BCUT2D eigenvalue weighted by Crippen LogP contribution is 2.65. The number of para-hydroxylation sites is 2. The van der Waals surface area contributed by atoms with Crippen LogP contribution in [0.2, 0.25) is 0 Å². The quantitative estimate of drug-likeness (QED) is 0.140. The zero-order valence-electron chi connectivity index (χ0n) is 40.7. The van der Waals surface area contributed by atoms with Crippen molar-refractivity contribution in [3.05, 3.63) is 301 Å². The molecule has 1 saturated carbocycles. The van der Waals surface area contributed by atoms with Gasteiger partial charge in [0.1, 0.15) is 0 Å². The van der Waals surface area contributed by atoms with Crippen LogP contribution < -0.4 is 4.90 Å². The van der Waals surface area contributed by atoms with Crippen molar-refractivity contribution in [1.29, 1.82) is 0 Å². The van der Waals surface area contributed by atoms with Gasteiger partial charge in [0.2, 0.25) is 0 Å². The van der Waals surface area contributed by atoms with Crippen LogP contribution in [-0.2, 0) is 5.41 Å². The Morgan fingerprint density at radius 1 is 0.384 bits per heavy atom. The van der Waals surface area contributed by atoms with Crippen LogP contribution in [0.5, 0.6) is 0 Å². The van der Waals surface area contributed by atoms with Crippen LogP contribution in [0.15, 0.2) is 279 Å². The fraction of sp³-hybridized carbons (Fsp3) is 0.0986. The van der Waals surface area contributed by atoms with E-state index < -0.39 is 0 Å². The van der Waals surface area contributed by atoms with Gasteiger partial charge in [0, 0.05) is 38.9 Å². The minimum absolute atomic E-state index is 0.320. The molecule has 1 fully saturated rings. The third-order valence-electron chi connectivity index (χ3n) is 16.6. The van der Waals surface area contributed by atoms with Crippen LogP contribution in [0.3, 0.4) is 0 Å². The first-order chi connectivity index (χ1) is 36.2. The van der Waals surface area contributed by atoms with Crippen LogP contribution in [0.25, 0.3) is 60.9 Å². The van der Waals surface area contributed by atoms with Crippen molar-refractivity contribution in [3.63, 3.8) is 0 Å². The summed E-state index contributed by atoms with van der Waals surface area (Å²) in [5.74, 6) is 1.82. The van der Waals surface area contributed by atoms with Gasteiger partial charge in [0.15, 0.2) is 0 Å². The Balaban J connectivity index is 0.886. The molecule has 73 heavy (non-hydrogen) atoms. The van der Waals surface area contributed by atoms with Crippen molar-refractivity contribution in [2.75, 3.05) is 4.90 Å². The van der Waals surface area contributed by atoms with Crippen molar-refractivity contribution in [1.82, 2.24) is 4.57 Å². The lowest BCUT2D eigenvalue weighted by Crippen LogP contribution is -2.40. The van der Waals surface area contributed by atoms with E-state index in [0.29, 0.717) is 23.7 Å². The number of anilines is 3. The van der Waals surface area contributed by atoms with Gasteiger partial charge in [-0.05, 0) is 165 Å². The lowest BCUT2D eigenvalue weighted by molar-refractivity contribution is 0.182. The second-order valence-corrected chi connectivity index (χ2v) is 20.3. The van der Waals surface area contributed by atoms with Crippen molar-refractivity contribution in [2.24, 2.45) is 17.8 Å².